The Morgan fingerprint density at radius 2 is 1.92 bits per heavy atom. The van der Waals surface area contributed by atoms with Crippen molar-refractivity contribution in [1.82, 2.24) is 0 Å². The van der Waals surface area contributed by atoms with Crippen LogP contribution in [0.25, 0.3) is 22.1 Å². The van der Waals surface area contributed by atoms with Gasteiger partial charge in [-0.3, -0.25) is 4.79 Å². The van der Waals surface area contributed by atoms with E-state index in [1.807, 2.05) is 24.3 Å². The van der Waals surface area contributed by atoms with Gasteiger partial charge in [0.2, 0.25) is 0 Å². The zero-order valence-corrected chi connectivity index (χ0v) is 15.0. The Bertz CT molecular complexity index is 960. The zero-order chi connectivity index (χ0) is 17.8. The van der Waals surface area contributed by atoms with Crippen molar-refractivity contribution in [3.63, 3.8) is 0 Å². The summed E-state index contributed by atoms with van der Waals surface area (Å²) in [6, 6.07) is 12.3. The normalized spacial score (nSPS) is 10.6. The Morgan fingerprint density at radius 3 is 2.64 bits per heavy atom. The van der Waals surface area contributed by atoms with Gasteiger partial charge < -0.3 is 13.9 Å². The van der Waals surface area contributed by atoms with Crippen LogP contribution in [0.5, 0.6) is 5.75 Å². The summed E-state index contributed by atoms with van der Waals surface area (Å²) >= 11 is 3.37. The minimum Gasteiger partial charge on any atom is -0.482 e. The van der Waals surface area contributed by atoms with Crippen LogP contribution in [0.2, 0.25) is 0 Å². The third kappa shape index (κ3) is 3.91. The first-order chi connectivity index (χ1) is 12.1. The van der Waals surface area contributed by atoms with Gasteiger partial charge in [-0.2, -0.15) is 0 Å². The summed E-state index contributed by atoms with van der Waals surface area (Å²) in [5, 5.41) is 0.448. The summed E-state index contributed by atoms with van der Waals surface area (Å²) in [6.07, 6.45) is 1.43. The molecule has 6 heteroatoms. The number of hydrogen-bond acceptors (Lipinski definition) is 5. The summed E-state index contributed by atoms with van der Waals surface area (Å²) < 4.78 is 16.7. The molecule has 0 aliphatic heterocycles. The molecule has 3 aromatic rings. The lowest BCUT2D eigenvalue weighted by Gasteiger charge is -2.07. The lowest BCUT2D eigenvalue weighted by Crippen LogP contribution is -2.14. The number of esters is 1. The van der Waals surface area contributed by atoms with Crippen LogP contribution in [0.3, 0.4) is 0 Å². The Kier molecular flexibility index (Phi) is 5.19. The first-order valence-corrected chi connectivity index (χ1v) is 8.47. The first kappa shape index (κ1) is 17.2. The van der Waals surface area contributed by atoms with Gasteiger partial charge in [0.15, 0.2) is 12.0 Å². The zero-order valence-electron chi connectivity index (χ0n) is 13.5. The fourth-order valence-corrected chi connectivity index (χ4v) is 2.64. The van der Waals surface area contributed by atoms with E-state index in [1.54, 1.807) is 25.1 Å². The molecular weight excluding hydrogens is 388 g/mol. The molecule has 0 radical (unpaired) electrons. The Balaban J connectivity index is 1.90. The standard InChI is InChI=1S/C19H15BrO5/c1-2-23-18(21)11-24-14-7-8-15-17(9-14)25-10-16(19(15)22)12-3-5-13(20)6-4-12/h3-10H,2,11H2,1H3. The van der Waals surface area contributed by atoms with Crippen molar-refractivity contribution in [2.75, 3.05) is 13.2 Å². The molecule has 5 nitrogen and oxygen atoms in total. The fourth-order valence-electron chi connectivity index (χ4n) is 2.37. The van der Waals surface area contributed by atoms with Crippen LogP contribution in [-0.2, 0) is 9.53 Å². The fraction of sp³-hybridized carbons (Fsp3) is 0.158. The molecule has 0 bridgehead atoms. The van der Waals surface area contributed by atoms with Gasteiger partial charge in [-0.1, -0.05) is 28.1 Å². The average molecular weight is 403 g/mol. The summed E-state index contributed by atoms with van der Waals surface area (Å²) in [5.41, 5.74) is 1.54. The van der Waals surface area contributed by atoms with Gasteiger partial charge in [-0.15, -0.1) is 0 Å². The number of hydrogen-bond donors (Lipinski definition) is 0. The van der Waals surface area contributed by atoms with E-state index in [1.165, 1.54) is 6.26 Å². The quantitative estimate of drug-likeness (QED) is 0.599. The van der Waals surface area contributed by atoms with Crippen LogP contribution < -0.4 is 10.2 Å². The predicted octanol–water partition coefficient (Wildman–Crippen LogP) is 4.16. The van der Waals surface area contributed by atoms with E-state index >= 15 is 0 Å². The number of halogens is 1. The summed E-state index contributed by atoms with van der Waals surface area (Å²) in [4.78, 5) is 24.0. The van der Waals surface area contributed by atoms with Crippen molar-refractivity contribution in [3.05, 3.63) is 63.4 Å². The van der Waals surface area contributed by atoms with E-state index in [0.717, 1.165) is 10.0 Å². The number of ether oxygens (including phenoxy) is 2. The van der Waals surface area contributed by atoms with Gasteiger partial charge in [0.1, 0.15) is 17.6 Å². The average Bonchev–Trinajstić information content (AvgIpc) is 2.61. The van der Waals surface area contributed by atoms with Gasteiger partial charge in [0.05, 0.1) is 17.6 Å². The Labute approximate surface area is 152 Å². The highest BCUT2D eigenvalue weighted by atomic mass is 79.9. The van der Waals surface area contributed by atoms with Gasteiger partial charge in [0.25, 0.3) is 0 Å². The number of benzene rings is 2. The smallest absolute Gasteiger partial charge is 0.344 e. The summed E-state index contributed by atoms with van der Waals surface area (Å²) in [5.74, 6) is -0.0188. The van der Waals surface area contributed by atoms with Crippen molar-refractivity contribution in [3.8, 4) is 16.9 Å². The van der Waals surface area contributed by atoms with E-state index in [0.29, 0.717) is 28.9 Å². The number of carbonyl (C=O) groups excluding carboxylic acids is 1. The highest BCUT2D eigenvalue weighted by molar-refractivity contribution is 9.10. The minimum atomic E-state index is -0.449. The molecule has 0 saturated heterocycles. The first-order valence-electron chi connectivity index (χ1n) is 7.68. The van der Waals surface area contributed by atoms with E-state index in [4.69, 9.17) is 13.9 Å². The largest absolute Gasteiger partial charge is 0.482 e. The topological polar surface area (TPSA) is 65.7 Å². The third-order valence-corrected chi connectivity index (χ3v) is 4.09. The van der Waals surface area contributed by atoms with Crippen LogP contribution in [0, 0.1) is 0 Å². The molecule has 0 amide bonds. The van der Waals surface area contributed by atoms with E-state index in [2.05, 4.69) is 15.9 Å². The number of fused-ring (bicyclic) bond motifs is 1. The van der Waals surface area contributed by atoms with E-state index in [-0.39, 0.29) is 12.0 Å². The highest BCUT2D eigenvalue weighted by Crippen LogP contribution is 2.24. The molecule has 2 aromatic carbocycles. The van der Waals surface area contributed by atoms with Gasteiger partial charge >= 0.3 is 5.97 Å². The second-order valence-electron chi connectivity index (χ2n) is 5.24. The summed E-state index contributed by atoms with van der Waals surface area (Å²) in [6.45, 7) is 1.83. The van der Waals surface area contributed by atoms with Crippen LogP contribution in [0.4, 0.5) is 0 Å². The van der Waals surface area contributed by atoms with Gasteiger partial charge in [-0.05, 0) is 36.8 Å². The summed E-state index contributed by atoms with van der Waals surface area (Å²) in [7, 11) is 0. The molecule has 0 fully saturated rings. The monoisotopic (exact) mass is 402 g/mol. The molecule has 0 unspecified atom stereocenters. The molecule has 0 aliphatic carbocycles. The van der Waals surface area contributed by atoms with Crippen molar-refractivity contribution >= 4 is 32.9 Å². The number of rotatable bonds is 5. The molecule has 0 N–H and O–H groups in total. The molecule has 1 aromatic heterocycles. The molecule has 25 heavy (non-hydrogen) atoms. The maximum absolute atomic E-state index is 12.7. The molecule has 1 heterocycles. The molecule has 3 rings (SSSR count). The SMILES string of the molecule is CCOC(=O)COc1ccc2c(=O)c(-c3ccc(Br)cc3)coc2c1. The van der Waals surface area contributed by atoms with Crippen LogP contribution in [0.15, 0.2) is 62.4 Å². The second-order valence-corrected chi connectivity index (χ2v) is 6.15. The Hall–Kier alpha value is -2.60. The number of carbonyl (C=O) groups is 1. The predicted molar refractivity (Wildman–Crippen MR) is 97.7 cm³/mol. The van der Waals surface area contributed by atoms with Crippen molar-refractivity contribution in [2.45, 2.75) is 6.92 Å². The van der Waals surface area contributed by atoms with Crippen LogP contribution in [-0.4, -0.2) is 19.2 Å². The minimum absolute atomic E-state index is 0.125. The van der Waals surface area contributed by atoms with E-state index < -0.39 is 5.97 Å². The molecule has 0 saturated carbocycles. The lowest BCUT2D eigenvalue weighted by atomic mass is 10.1. The van der Waals surface area contributed by atoms with Crippen LogP contribution >= 0.6 is 15.9 Å². The molecular formula is C19H15BrO5. The maximum Gasteiger partial charge on any atom is 0.344 e. The van der Waals surface area contributed by atoms with Gasteiger partial charge in [-0.25, -0.2) is 4.79 Å². The molecule has 128 valence electrons. The van der Waals surface area contributed by atoms with Gasteiger partial charge in [0, 0.05) is 10.5 Å². The highest BCUT2D eigenvalue weighted by Gasteiger charge is 2.11. The van der Waals surface area contributed by atoms with Crippen molar-refractivity contribution < 1.29 is 18.7 Å². The lowest BCUT2D eigenvalue weighted by molar-refractivity contribution is -0.145. The third-order valence-electron chi connectivity index (χ3n) is 3.56. The molecule has 0 aliphatic rings. The Morgan fingerprint density at radius 1 is 1.16 bits per heavy atom. The van der Waals surface area contributed by atoms with Crippen LogP contribution in [0.1, 0.15) is 6.92 Å². The second kappa shape index (κ2) is 7.53. The van der Waals surface area contributed by atoms with E-state index in [9.17, 15) is 9.59 Å². The molecule has 0 atom stereocenters. The molecule has 0 spiro atoms. The van der Waals surface area contributed by atoms with Crippen molar-refractivity contribution in [2.24, 2.45) is 0 Å². The van der Waals surface area contributed by atoms with Crippen molar-refractivity contribution in [1.29, 1.82) is 0 Å². The maximum atomic E-state index is 12.7.